The number of hydrogen-bond acceptors (Lipinski definition) is 2. The third kappa shape index (κ3) is 1.92. The Balaban J connectivity index is 2.21. The van der Waals surface area contributed by atoms with Crippen LogP contribution in [-0.2, 0) is 0 Å². The lowest BCUT2D eigenvalue weighted by atomic mass is 9.96. The van der Waals surface area contributed by atoms with E-state index in [4.69, 9.17) is 10.2 Å². The lowest BCUT2D eigenvalue weighted by molar-refractivity contribution is 0.487. The topological polar surface area (TPSA) is 39.2 Å². The van der Waals surface area contributed by atoms with Crippen molar-refractivity contribution in [2.75, 3.05) is 0 Å². The van der Waals surface area contributed by atoms with Crippen LogP contribution >= 0.6 is 0 Å². The molecule has 0 saturated carbocycles. The monoisotopic (exact) mass is 255 g/mol. The van der Waals surface area contributed by atoms with Gasteiger partial charge in [-0.1, -0.05) is 30.3 Å². The molecule has 0 bridgehead atoms. The molecule has 0 radical (unpaired) electrons. The van der Waals surface area contributed by atoms with Gasteiger partial charge < -0.3 is 10.2 Å². The van der Waals surface area contributed by atoms with Crippen LogP contribution in [0.3, 0.4) is 0 Å². The molecule has 1 atom stereocenters. The molecule has 1 unspecified atom stereocenters. The highest BCUT2D eigenvalue weighted by Crippen LogP contribution is 2.30. The van der Waals surface area contributed by atoms with Gasteiger partial charge >= 0.3 is 0 Å². The molecular formula is C16H14FNO. The van der Waals surface area contributed by atoms with Crippen molar-refractivity contribution in [2.45, 2.75) is 13.0 Å². The predicted octanol–water partition coefficient (Wildman–Crippen LogP) is 3.93. The average molecular weight is 255 g/mol. The molecule has 2 aromatic carbocycles. The minimum atomic E-state index is -0.388. The first-order valence-corrected chi connectivity index (χ1v) is 6.15. The summed E-state index contributed by atoms with van der Waals surface area (Å²) in [5.74, 6) is 0.486. The van der Waals surface area contributed by atoms with E-state index in [-0.39, 0.29) is 11.9 Å². The molecule has 2 nitrogen and oxygen atoms in total. The highest BCUT2D eigenvalue weighted by atomic mass is 19.1. The van der Waals surface area contributed by atoms with Crippen molar-refractivity contribution in [1.29, 1.82) is 0 Å². The molecule has 3 aromatic rings. The van der Waals surface area contributed by atoms with Crippen LogP contribution in [0.4, 0.5) is 4.39 Å². The number of benzene rings is 2. The molecule has 0 fully saturated rings. The van der Waals surface area contributed by atoms with Crippen molar-refractivity contribution in [1.82, 2.24) is 0 Å². The normalized spacial score (nSPS) is 12.8. The van der Waals surface area contributed by atoms with Gasteiger partial charge in [-0.25, -0.2) is 4.39 Å². The van der Waals surface area contributed by atoms with Gasteiger partial charge in [-0.05, 0) is 35.6 Å². The Morgan fingerprint density at radius 3 is 2.47 bits per heavy atom. The molecule has 0 aliphatic carbocycles. The van der Waals surface area contributed by atoms with Crippen LogP contribution < -0.4 is 5.73 Å². The lowest BCUT2D eigenvalue weighted by Crippen LogP contribution is -2.12. The summed E-state index contributed by atoms with van der Waals surface area (Å²) in [5.41, 5.74) is 8.13. The standard InChI is InChI=1S/C16H14FNO/c1-10-8-9-19-16(10)15(18)13-6-7-14(17)12-5-3-2-4-11(12)13/h2-9,15H,18H2,1H3. The first kappa shape index (κ1) is 11.9. The van der Waals surface area contributed by atoms with Gasteiger partial charge in [-0.15, -0.1) is 0 Å². The highest BCUT2D eigenvalue weighted by molar-refractivity contribution is 5.87. The number of nitrogens with two attached hydrogens (primary N) is 1. The van der Waals surface area contributed by atoms with Crippen LogP contribution in [-0.4, -0.2) is 0 Å². The first-order valence-electron chi connectivity index (χ1n) is 6.15. The van der Waals surface area contributed by atoms with E-state index in [2.05, 4.69) is 0 Å². The fraction of sp³-hybridized carbons (Fsp3) is 0.125. The number of fused-ring (bicyclic) bond motifs is 1. The summed E-state index contributed by atoms with van der Waals surface area (Å²) < 4.78 is 19.2. The van der Waals surface area contributed by atoms with E-state index in [1.54, 1.807) is 18.4 Å². The van der Waals surface area contributed by atoms with Gasteiger partial charge in [0.1, 0.15) is 11.6 Å². The number of aryl methyl sites for hydroxylation is 1. The zero-order chi connectivity index (χ0) is 13.4. The van der Waals surface area contributed by atoms with Crippen LogP contribution in [0.2, 0.25) is 0 Å². The fourth-order valence-electron chi connectivity index (χ4n) is 2.40. The number of furan rings is 1. The Morgan fingerprint density at radius 2 is 1.79 bits per heavy atom. The molecule has 2 N–H and O–H groups in total. The van der Waals surface area contributed by atoms with Gasteiger partial charge in [-0.3, -0.25) is 0 Å². The largest absolute Gasteiger partial charge is 0.467 e. The molecule has 0 spiro atoms. The van der Waals surface area contributed by atoms with Crippen molar-refractivity contribution in [2.24, 2.45) is 5.73 Å². The molecule has 0 amide bonds. The first-order chi connectivity index (χ1) is 9.18. The summed E-state index contributed by atoms with van der Waals surface area (Å²) in [6, 6.07) is 12.0. The zero-order valence-electron chi connectivity index (χ0n) is 10.6. The molecule has 0 aliphatic heterocycles. The van der Waals surface area contributed by atoms with Gasteiger partial charge in [0.15, 0.2) is 0 Å². The Labute approximate surface area is 110 Å². The van der Waals surface area contributed by atoms with Crippen LogP contribution in [0.1, 0.15) is 22.9 Å². The van der Waals surface area contributed by atoms with Gasteiger partial charge in [0.05, 0.1) is 12.3 Å². The van der Waals surface area contributed by atoms with Crippen molar-refractivity contribution in [3.63, 3.8) is 0 Å². The van der Waals surface area contributed by atoms with E-state index in [1.807, 2.05) is 31.2 Å². The summed E-state index contributed by atoms with van der Waals surface area (Å²) in [5, 5.41) is 1.41. The van der Waals surface area contributed by atoms with Gasteiger partial charge in [0, 0.05) is 5.39 Å². The van der Waals surface area contributed by atoms with E-state index < -0.39 is 0 Å². The van der Waals surface area contributed by atoms with Crippen molar-refractivity contribution >= 4 is 10.8 Å². The minimum absolute atomic E-state index is 0.234. The molecule has 96 valence electrons. The number of rotatable bonds is 2. The second-order valence-electron chi connectivity index (χ2n) is 4.63. The highest BCUT2D eigenvalue weighted by Gasteiger charge is 2.18. The van der Waals surface area contributed by atoms with Crippen LogP contribution in [0.25, 0.3) is 10.8 Å². The summed E-state index contributed by atoms with van der Waals surface area (Å²) >= 11 is 0. The summed E-state index contributed by atoms with van der Waals surface area (Å²) in [6.45, 7) is 1.95. The Morgan fingerprint density at radius 1 is 1.05 bits per heavy atom. The van der Waals surface area contributed by atoms with E-state index in [0.29, 0.717) is 5.39 Å². The van der Waals surface area contributed by atoms with Gasteiger partial charge in [0.2, 0.25) is 0 Å². The van der Waals surface area contributed by atoms with Crippen LogP contribution in [0.5, 0.6) is 0 Å². The Bertz CT molecular complexity index is 732. The Kier molecular flexibility index (Phi) is 2.84. The summed E-state index contributed by atoms with van der Waals surface area (Å²) in [7, 11) is 0. The van der Waals surface area contributed by atoms with Crippen molar-refractivity contribution in [3.8, 4) is 0 Å². The maximum Gasteiger partial charge on any atom is 0.131 e. The third-order valence-corrected chi connectivity index (χ3v) is 3.42. The second-order valence-corrected chi connectivity index (χ2v) is 4.63. The van der Waals surface area contributed by atoms with E-state index >= 15 is 0 Å². The van der Waals surface area contributed by atoms with Crippen LogP contribution in [0.15, 0.2) is 53.1 Å². The average Bonchev–Trinajstić information content (AvgIpc) is 2.85. The van der Waals surface area contributed by atoms with E-state index in [1.165, 1.54) is 6.07 Å². The molecule has 3 rings (SSSR count). The minimum Gasteiger partial charge on any atom is -0.467 e. The second kappa shape index (κ2) is 4.52. The maximum absolute atomic E-state index is 13.8. The molecule has 0 saturated heterocycles. The predicted molar refractivity (Wildman–Crippen MR) is 73.4 cm³/mol. The Hall–Kier alpha value is -2.13. The maximum atomic E-state index is 13.8. The van der Waals surface area contributed by atoms with Gasteiger partial charge in [0.25, 0.3) is 0 Å². The van der Waals surface area contributed by atoms with E-state index in [0.717, 1.165) is 22.3 Å². The molecule has 19 heavy (non-hydrogen) atoms. The molecular weight excluding hydrogens is 241 g/mol. The SMILES string of the molecule is Cc1ccoc1C(N)c1ccc(F)c2ccccc12. The molecule has 1 heterocycles. The smallest absolute Gasteiger partial charge is 0.131 e. The zero-order valence-corrected chi connectivity index (χ0v) is 10.6. The molecule has 3 heteroatoms. The summed E-state index contributed by atoms with van der Waals surface area (Å²) in [4.78, 5) is 0. The lowest BCUT2D eigenvalue weighted by Gasteiger charge is -2.14. The quantitative estimate of drug-likeness (QED) is 0.753. The third-order valence-electron chi connectivity index (χ3n) is 3.42. The molecule has 1 aromatic heterocycles. The molecule has 0 aliphatic rings. The van der Waals surface area contributed by atoms with E-state index in [9.17, 15) is 4.39 Å². The van der Waals surface area contributed by atoms with Gasteiger partial charge in [-0.2, -0.15) is 0 Å². The summed E-state index contributed by atoms with van der Waals surface area (Å²) in [6.07, 6.45) is 1.62. The van der Waals surface area contributed by atoms with Crippen LogP contribution in [0, 0.1) is 12.7 Å². The van der Waals surface area contributed by atoms with Crippen molar-refractivity contribution < 1.29 is 8.81 Å². The fourth-order valence-corrected chi connectivity index (χ4v) is 2.40. The number of halogens is 1. The number of hydrogen-bond donors (Lipinski definition) is 1. The van der Waals surface area contributed by atoms with Crippen molar-refractivity contribution in [3.05, 3.63) is 71.4 Å².